The molecule has 0 N–H and O–H groups in total. The van der Waals surface area contributed by atoms with Gasteiger partial charge in [-0.2, -0.15) is 5.10 Å². The molecule has 0 fully saturated rings. The number of amides is 1. The highest BCUT2D eigenvalue weighted by Gasteiger charge is 2.22. The van der Waals surface area contributed by atoms with Crippen LogP contribution in [0, 0.1) is 0 Å². The molecule has 0 aromatic heterocycles. The van der Waals surface area contributed by atoms with E-state index >= 15 is 0 Å². The Morgan fingerprint density at radius 3 is 2.11 bits per heavy atom. The summed E-state index contributed by atoms with van der Waals surface area (Å²) in [7, 11) is 4.57. The number of benzene rings is 1. The SMILES string of the molecule is COc1cc(N2N=CCC2=O)cc(OC)c1OC. The summed E-state index contributed by atoms with van der Waals surface area (Å²) in [5, 5.41) is 5.31. The largest absolute Gasteiger partial charge is 0.493 e. The van der Waals surface area contributed by atoms with Gasteiger partial charge in [0.25, 0.3) is 5.91 Å². The standard InChI is InChI=1S/C12H14N2O4/c1-16-9-6-8(14-11(15)4-5-13-14)7-10(17-2)12(9)18-3/h5-7H,4H2,1-3H3. The summed E-state index contributed by atoms with van der Waals surface area (Å²) in [5.41, 5.74) is 0.586. The maximum absolute atomic E-state index is 11.6. The van der Waals surface area contributed by atoms with Gasteiger partial charge in [-0.15, -0.1) is 0 Å². The molecular formula is C12H14N2O4. The number of methoxy groups -OCH3 is 3. The summed E-state index contributed by atoms with van der Waals surface area (Å²) in [6.07, 6.45) is 1.86. The van der Waals surface area contributed by atoms with Crippen molar-refractivity contribution in [3.63, 3.8) is 0 Å². The summed E-state index contributed by atoms with van der Waals surface area (Å²) in [5.74, 6) is 1.37. The summed E-state index contributed by atoms with van der Waals surface area (Å²) in [6.45, 7) is 0. The minimum atomic E-state index is -0.0933. The third-order valence-electron chi connectivity index (χ3n) is 2.59. The minimum absolute atomic E-state index is 0.0933. The van der Waals surface area contributed by atoms with E-state index in [1.54, 1.807) is 18.3 Å². The maximum atomic E-state index is 11.6. The predicted molar refractivity (Wildman–Crippen MR) is 66.7 cm³/mol. The Labute approximate surface area is 105 Å². The van der Waals surface area contributed by atoms with Gasteiger partial charge in [-0.1, -0.05) is 0 Å². The fourth-order valence-electron chi connectivity index (χ4n) is 1.75. The van der Waals surface area contributed by atoms with Gasteiger partial charge in [-0.25, -0.2) is 5.01 Å². The van der Waals surface area contributed by atoms with Crippen LogP contribution in [0.2, 0.25) is 0 Å². The molecule has 1 amide bonds. The predicted octanol–water partition coefficient (Wildman–Crippen LogP) is 1.43. The monoisotopic (exact) mass is 250 g/mol. The van der Waals surface area contributed by atoms with Crippen molar-refractivity contribution in [1.82, 2.24) is 0 Å². The van der Waals surface area contributed by atoms with Gasteiger partial charge in [0.05, 0.1) is 33.4 Å². The molecule has 0 saturated carbocycles. The van der Waals surface area contributed by atoms with Crippen molar-refractivity contribution in [2.75, 3.05) is 26.3 Å². The van der Waals surface area contributed by atoms with Crippen LogP contribution in [-0.4, -0.2) is 33.5 Å². The van der Waals surface area contributed by atoms with Crippen LogP contribution in [0.3, 0.4) is 0 Å². The van der Waals surface area contributed by atoms with E-state index in [1.165, 1.54) is 26.3 Å². The molecule has 1 heterocycles. The normalized spacial score (nSPS) is 13.9. The molecule has 2 rings (SSSR count). The highest BCUT2D eigenvalue weighted by molar-refractivity contribution is 6.05. The van der Waals surface area contributed by atoms with Crippen molar-refractivity contribution in [3.8, 4) is 17.2 Å². The molecule has 6 nitrogen and oxygen atoms in total. The molecule has 0 bridgehead atoms. The van der Waals surface area contributed by atoms with Gasteiger partial charge in [-0.05, 0) is 0 Å². The fourth-order valence-corrected chi connectivity index (χ4v) is 1.75. The van der Waals surface area contributed by atoms with Crippen LogP contribution >= 0.6 is 0 Å². The number of carbonyl (C=O) groups is 1. The van der Waals surface area contributed by atoms with E-state index < -0.39 is 0 Å². The topological polar surface area (TPSA) is 60.4 Å². The molecule has 0 unspecified atom stereocenters. The van der Waals surface area contributed by atoms with Crippen LogP contribution < -0.4 is 19.2 Å². The quantitative estimate of drug-likeness (QED) is 0.811. The van der Waals surface area contributed by atoms with Crippen LogP contribution in [0.1, 0.15) is 6.42 Å². The van der Waals surface area contributed by atoms with Gasteiger partial charge >= 0.3 is 0 Å². The fraction of sp³-hybridized carbons (Fsp3) is 0.333. The lowest BCUT2D eigenvalue weighted by molar-refractivity contribution is -0.116. The Morgan fingerprint density at radius 2 is 1.72 bits per heavy atom. The first-order chi connectivity index (χ1) is 8.71. The average molecular weight is 250 g/mol. The number of carbonyl (C=O) groups excluding carboxylic acids is 1. The van der Waals surface area contributed by atoms with E-state index in [9.17, 15) is 4.79 Å². The third-order valence-corrected chi connectivity index (χ3v) is 2.59. The van der Waals surface area contributed by atoms with Gasteiger partial charge in [0.1, 0.15) is 0 Å². The summed E-state index contributed by atoms with van der Waals surface area (Å²) in [4.78, 5) is 11.6. The summed E-state index contributed by atoms with van der Waals surface area (Å²) in [6, 6.07) is 3.36. The first-order valence-corrected chi connectivity index (χ1v) is 5.36. The zero-order valence-corrected chi connectivity index (χ0v) is 10.5. The molecule has 1 aliphatic heterocycles. The molecule has 0 spiro atoms. The van der Waals surface area contributed by atoms with E-state index in [0.29, 0.717) is 29.4 Å². The second kappa shape index (κ2) is 4.95. The number of anilines is 1. The average Bonchev–Trinajstić information content (AvgIpc) is 2.83. The van der Waals surface area contributed by atoms with E-state index in [2.05, 4.69) is 5.10 Å². The van der Waals surface area contributed by atoms with Crippen LogP contribution in [0.15, 0.2) is 17.2 Å². The highest BCUT2D eigenvalue weighted by atomic mass is 16.5. The molecule has 0 atom stereocenters. The Balaban J connectivity index is 2.49. The molecule has 18 heavy (non-hydrogen) atoms. The van der Waals surface area contributed by atoms with Crippen molar-refractivity contribution in [1.29, 1.82) is 0 Å². The van der Waals surface area contributed by atoms with Crippen LogP contribution in [0.5, 0.6) is 17.2 Å². The van der Waals surface area contributed by atoms with Crippen LogP contribution in [0.4, 0.5) is 5.69 Å². The van der Waals surface area contributed by atoms with Crippen molar-refractivity contribution in [2.24, 2.45) is 5.10 Å². The Hall–Kier alpha value is -2.24. The molecule has 96 valence electrons. The van der Waals surface area contributed by atoms with Gasteiger partial charge < -0.3 is 14.2 Å². The third kappa shape index (κ3) is 1.97. The number of hydrazone groups is 1. The number of hydrogen-bond donors (Lipinski definition) is 0. The van der Waals surface area contributed by atoms with Crippen LogP contribution in [0.25, 0.3) is 0 Å². The van der Waals surface area contributed by atoms with E-state index in [0.717, 1.165) is 0 Å². The Morgan fingerprint density at radius 1 is 1.11 bits per heavy atom. The minimum Gasteiger partial charge on any atom is -0.493 e. The molecule has 0 aliphatic carbocycles. The lowest BCUT2D eigenvalue weighted by Gasteiger charge is -2.17. The molecule has 1 aromatic rings. The zero-order valence-electron chi connectivity index (χ0n) is 10.5. The van der Waals surface area contributed by atoms with Crippen molar-refractivity contribution < 1.29 is 19.0 Å². The van der Waals surface area contributed by atoms with Gasteiger partial charge in [0.2, 0.25) is 5.75 Å². The van der Waals surface area contributed by atoms with Gasteiger partial charge in [-0.3, -0.25) is 4.79 Å². The number of rotatable bonds is 4. The molecule has 1 aliphatic rings. The van der Waals surface area contributed by atoms with Crippen molar-refractivity contribution >= 4 is 17.8 Å². The lowest BCUT2D eigenvalue weighted by Crippen LogP contribution is -2.19. The zero-order chi connectivity index (χ0) is 13.1. The van der Waals surface area contributed by atoms with E-state index in [4.69, 9.17) is 14.2 Å². The number of hydrogen-bond acceptors (Lipinski definition) is 5. The number of nitrogens with zero attached hydrogens (tertiary/aromatic N) is 2. The molecular weight excluding hydrogens is 236 g/mol. The Bertz CT molecular complexity index is 474. The van der Waals surface area contributed by atoms with Crippen molar-refractivity contribution in [2.45, 2.75) is 6.42 Å². The smallest absolute Gasteiger partial charge is 0.252 e. The summed E-state index contributed by atoms with van der Waals surface area (Å²) < 4.78 is 15.6. The molecule has 0 radical (unpaired) electrons. The second-order valence-corrected chi connectivity index (χ2v) is 3.59. The van der Waals surface area contributed by atoms with E-state index in [1.807, 2.05) is 0 Å². The summed E-state index contributed by atoms with van der Waals surface area (Å²) >= 11 is 0. The lowest BCUT2D eigenvalue weighted by atomic mass is 10.2. The highest BCUT2D eigenvalue weighted by Crippen LogP contribution is 2.41. The number of ether oxygens (including phenoxy) is 3. The maximum Gasteiger partial charge on any atom is 0.252 e. The van der Waals surface area contributed by atoms with Crippen molar-refractivity contribution in [3.05, 3.63) is 12.1 Å². The first-order valence-electron chi connectivity index (χ1n) is 5.36. The second-order valence-electron chi connectivity index (χ2n) is 3.59. The van der Waals surface area contributed by atoms with E-state index in [-0.39, 0.29) is 5.91 Å². The van der Waals surface area contributed by atoms with Gasteiger partial charge in [0, 0.05) is 18.3 Å². The van der Waals surface area contributed by atoms with Gasteiger partial charge in [0.15, 0.2) is 11.5 Å². The van der Waals surface area contributed by atoms with Crippen LogP contribution in [-0.2, 0) is 4.79 Å². The molecule has 1 aromatic carbocycles. The molecule has 6 heteroatoms. The first kappa shape index (κ1) is 12.2. The Kier molecular flexibility index (Phi) is 3.36. The molecule has 0 saturated heterocycles.